The Balaban J connectivity index is 0.000000540. The van der Waals surface area contributed by atoms with Gasteiger partial charge in [-0.2, -0.15) is 4.57 Å². The van der Waals surface area contributed by atoms with E-state index in [1.165, 1.54) is 22.5 Å². The van der Waals surface area contributed by atoms with Gasteiger partial charge in [0, 0.05) is 45.5 Å². The molecule has 192 valence electrons. The number of hydrogen-bond acceptors (Lipinski definition) is 5. The Morgan fingerprint density at radius 3 is 1.92 bits per heavy atom. The molecule has 38 heavy (non-hydrogen) atoms. The van der Waals surface area contributed by atoms with Gasteiger partial charge in [0.05, 0.1) is 5.41 Å². The number of halogens is 2. The summed E-state index contributed by atoms with van der Waals surface area (Å²) in [5.74, 6) is 1.69. The van der Waals surface area contributed by atoms with Crippen LogP contribution >= 0.6 is 11.6 Å². The Morgan fingerprint density at radius 2 is 1.26 bits per heavy atom. The van der Waals surface area contributed by atoms with Gasteiger partial charge in [-0.25, -0.2) is 18.6 Å². The quantitative estimate of drug-likeness (QED) is 0.322. The topological polar surface area (TPSA) is 109 Å². The van der Waals surface area contributed by atoms with Gasteiger partial charge in [-0.05, 0) is 62.4 Å². The Morgan fingerprint density at radius 1 is 0.684 bits per heavy atom. The van der Waals surface area contributed by atoms with Crippen molar-refractivity contribution >= 4 is 11.6 Å². The van der Waals surface area contributed by atoms with Crippen LogP contribution in [0.1, 0.15) is 25.1 Å². The zero-order valence-corrected chi connectivity index (χ0v) is 22.1. The molecule has 5 aromatic rings. The third-order valence-corrected chi connectivity index (χ3v) is 6.87. The van der Waals surface area contributed by atoms with E-state index >= 15 is 0 Å². The Kier molecular flexibility index (Phi) is 6.88. The summed E-state index contributed by atoms with van der Waals surface area (Å²) in [5, 5.41) is 0.718. The first kappa shape index (κ1) is 26.1. The molecule has 2 aromatic heterocycles. The van der Waals surface area contributed by atoms with Gasteiger partial charge in [0.1, 0.15) is 11.5 Å². The van der Waals surface area contributed by atoms with E-state index in [2.05, 4.69) is 91.2 Å². The van der Waals surface area contributed by atoms with Crippen molar-refractivity contribution < 1.29 is 37.9 Å². The van der Waals surface area contributed by atoms with Crippen LogP contribution in [0, 0.1) is 10.2 Å². The fourth-order valence-electron chi connectivity index (χ4n) is 4.88. The van der Waals surface area contributed by atoms with Crippen LogP contribution < -0.4 is 23.2 Å². The lowest BCUT2D eigenvalue weighted by Crippen LogP contribution is -2.68. The van der Waals surface area contributed by atoms with E-state index in [0.29, 0.717) is 0 Å². The number of nitrogens with zero attached hydrogens (tertiary/aromatic N) is 1. The molecule has 0 saturated carbocycles. The van der Waals surface area contributed by atoms with E-state index < -0.39 is 10.2 Å². The summed E-state index contributed by atoms with van der Waals surface area (Å²) in [7, 11) is -4.94. The first-order chi connectivity index (χ1) is 18.0. The second kappa shape index (κ2) is 10.0. The molecule has 8 heteroatoms. The zero-order chi connectivity index (χ0) is 27.1. The molecule has 1 aliphatic rings. The molecule has 3 aromatic carbocycles. The number of para-hydroxylation sites is 1. The summed E-state index contributed by atoms with van der Waals surface area (Å²) in [6.07, 6.45) is 0. The van der Waals surface area contributed by atoms with Gasteiger partial charge in [0.15, 0.2) is 5.69 Å². The molecule has 0 amide bonds. The van der Waals surface area contributed by atoms with Gasteiger partial charge in [-0.15, -0.1) is 10.2 Å². The molecule has 0 fully saturated rings. The smallest absolute Gasteiger partial charge is 0.219 e. The second-order valence-corrected chi connectivity index (χ2v) is 10.6. The van der Waals surface area contributed by atoms with Crippen molar-refractivity contribution in [3.8, 4) is 39.6 Å². The number of hydrogen-bond donors (Lipinski definition) is 0. The van der Waals surface area contributed by atoms with Crippen LogP contribution in [0.2, 0.25) is 5.02 Å². The monoisotopic (exact) mass is 547 g/mol. The summed E-state index contributed by atoms with van der Waals surface area (Å²) in [6, 6.07) is 35.6. The van der Waals surface area contributed by atoms with Crippen LogP contribution in [-0.2, 0) is 5.41 Å². The predicted octanol–water partition coefficient (Wildman–Crippen LogP) is 3.09. The van der Waals surface area contributed by atoms with Crippen LogP contribution in [0.3, 0.4) is 0 Å². The Hall–Kier alpha value is -3.49. The zero-order valence-electron chi connectivity index (χ0n) is 20.6. The number of furan rings is 1. The highest BCUT2D eigenvalue weighted by Crippen LogP contribution is 2.42. The standard InChI is InChI=1S/C30H23ClNO.ClHO4/c1-30(2)24-10-6-7-11-25(24)32-26(20-8-4-3-5-9-20)18-22(19-29(30)32)28-17-16-27(33-28)21-12-14-23(31)15-13-21;2-1(3,4)5/h3-19H,1-2H3;(H,2,3,4,5)/q+1;/p-1. The van der Waals surface area contributed by atoms with Crippen LogP contribution in [0.25, 0.3) is 39.6 Å². The van der Waals surface area contributed by atoms with Crippen LogP contribution in [0.4, 0.5) is 0 Å². The highest BCUT2D eigenvalue weighted by Gasteiger charge is 2.45. The van der Waals surface area contributed by atoms with Gasteiger partial charge in [-0.3, -0.25) is 0 Å². The number of rotatable bonds is 3. The minimum absolute atomic E-state index is 0.123. The van der Waals surface area contributed by atoms with Crippen molar-refractivity contribution in [2.24, 2.45) is 0 Å². The molecule has 0 spiro atoms. The third-order valence-electron chi connectivity index (χ3n) is 6.61. The summed E-state index contributed by atoms with van der Waals surface area (Å²) >= 11 is 6.06. The van der Waals surface area contributed by atoms with Gasteiger partial charge in [0.25, 0.3) is 0 Å². The summed E-state index contributed by atoms with van der Waals surface area (Å²) in [5.41, 5.74) is 8.12. The van der Waals surface area contributed by atoms with Crippen molar-refractivity contribution in [2.45, 2.75) is 19.3 Å². The molecule has 0 radical (unpaired) electrons. The van der Waals surface area contributed by atoms with Crippen molar-refractivity contribution in [1.82, 2.24) is 0 Å². The first-order valence-corrected chi connectivity index (χ1v) is 13.4. The van der Waals surface area contributed by atoms with E-state index in [4.69, 9.17) is 34.7 Å². The maximum Gasteiger partial charge on any atom is 0.219 e. The highest BCUT2D eigenvalue weighted by molar-refractivity contribution is 6.30. The van der Waals surface area contributed by atoms with E-state index in [0.717, 1.165) is 33.4 Å². The number of fused-ring (bicyclic) bond motifs is 3. The minimum Gasteiger partial charge on any atom is -0.456 e. The fourth-order valence-corrected chi connectivity index (χ4v) is 5.00. The highest BCUT2D eigenvalue weighted by atomic mass is 35.7. The first-order valence-electron chi connectivity index (χ1n) is 11.8. The number of benzene rings is 3. The van der Waals surface area contributed by atoms with Crippen LogP contribution in [0.15, 0.2) is 108 Å². The van der Waals surface area contributed by atoms with E-state index in [1.54, 1.807) is 0 Å². The molecule has 0 aliphatic carbocycles. The van der Waals surface area contributed by atoms with Crippen molar-refractivity contribution in [2.75, 3.05) is 0 Å². The third kappa shape index (κ3) is 5.24. The van der Waals surface area contributed by atoms with E-state index in [1.807, 2.05) is 30.3 Å². The van der Waals surface area contributed by atoms with Gasteiger partial charge in [-0.1, -0.05) is 48.0 Å². The van der Waals surface area contributed by atoms with E-state index in [-0.39, 0.29) is 5.41 Å². The normalized spacial score (nSPS) is 13.3. The van der Waals surface area contributed by atoms with Crippen molar-refractivity contribution in [3.63, 3.8) is 0 Å². The molecule has 0 bridgehead atoms. The fraction of sp³-hybridized carbons (Fsp3) is 0.100. The molecular formula is C30H23Cl2NO5. The molecule has 0 unspecified atom stereocenters. The Bertz CT molecular complexity index is 1580. The SMILES string of the molecule is CC1(C)c2ccccc2-[n+]2c(-c3ccccc3)cc(-c3ccc(-c4ccc(Cl)cc4)o3)cc21.[O-][Cl+3]([O-])([O-])[O-]. The van der Waals surface area contributed by atoms with Gasteiger partial charge in [0.2, 0.25) is 11.4 Å². The van der Waals surface area contributed by atoms with Crippen molar-refractivity contribution in [1.29, 1.82) is 0 Å². The van der Waals surface area contributed by atoms with Crippen LogP contribution in [0.5, 0.6) is 0 Å². The average molecular weight is 548 g/mol. The lowest BCUT2D eigenvalue weighted by atomic mass is 9.83. The molecule has 0 atom stereocenters. The van der Waals surface area contributed by atoms with Gasteiger partial charge >= 0.3 is 0 Å². The number of pyridine rings is 1. The summed E-state index contributed by atoms with van der Waals surface area (Å²) < 4.78 is 42.7. The molecule has 1 aliphatic heterocycles. The minimum atomic E-state index is -4.94. The maximum absolute atomic E-state index is 8.49. The lowest BCUT2D eigenvalue weighted by molar-refractivity contribution is -2.00. The summed E-state index contributed by atoms with van der Waals surface area (Å²) in [6.45, 7) is 4.59. The van der Waals surface area contributed by atoms with Crippen LogP contribution in [-0.4, -0.2) is 0 Å². The van der Waals surface area contributed by atoms with Gasteiger partial charge < -0.3 is 4.42 Å². The lowest BCUT2D eigenvalue weighted by Gasteiger charge is -2.17. The molecule has 0 saturated heterocycles. The molecule has 3 heterocycles. The molecular weight excluding hydrogens is 525 g/mol. The summed E-state index contributed by atoms with van der Waals surface area (Å²) in [4.78, 5) is 0. The molecule has 0 N–H and O–H groups in total. The van der Waals surface area contributed by atoms with Crippen molar-refractivity contribution in [3.05, 3.63) is 119 Å². The average Bonchev–Trinajstić information content (AvgIpc) is 3.46. The largest absolute Gasteiger partial charge is 0.456 e. The predicted molar refractivity (Wildman–Crippen MR) is 134 cm³/mol. The molecule has 6 rings (SSSR count). The second-order valence-electron chi connectivity index (χ2n) is 9.41. The maximum atomic E-state index is 8.49. The van der Waals surface area contributed by atoms with E-state index in [9.17, 15) is 0 Å². The number of aromatic nitrogens is 1. The molecule has 6 nitrogen and oxygen atoms in total. The Labute approximate surface area is 227 Å².